The third-order valence-electron chi connectivity index (χ3n) is 4.09. The Morgan fingerprint density at radius 2 is 1.52 bits per heavy atom. The van der Waals surface area contributed by atoms with Crippen LogP contribution in [0.25, 0.3) is 11.0 Å². The number of aromatic nitrogens is 3. The Bertz CT molecular complexity index is 729. The van der Waals surface area contributed by atoms with Crippen molar-refractivity contribution in [3.8, 4) is 0 Å². The van der Waals surface area contributed by atoms with Crippen molar-refractivity contribution in [2.45, 2.75) is 26.1 Å². The molecule has 0 amide bonds. The molecule has 2 aromatic carbocycles. The van der Waals surface area contributed by atoms with E-state index in [0.717, 1.165) is 30.8 Å². The highest BCUT2D eigenvalue weighted by Gasteiger charge is 2.15. The number of hydrogen-bond donors (Lipinski definition) is 0. The molecule has 4 rings (SSSR count). The maximum Gasteiger partial charge on any atom is 0.113 e. The Morgan fingerprint density at radius 3 is 2.29 bits per heavy atom. The molecular weight excluding hydrogens is 260 g/mol. The third-order valence-corrected chi connectivity index (χ3v) is 4.09. The monoisotopic (exact) mass is 278 g/mol. The van der Waals surface area contributed by atoms with Gasteiger partial charge < -0.3 is 0 Å². The Morgan fingerprint density at radius 1 is 0.857 bits per heavy atom. The van der Waals surface area contributed by atoms with Gasteiger partial charge in [0.25, 0.3) is 0 Å². The summed E-state index contributed by atoms with van der Waals surface area (Å²) in [7, 11) is 0. The molecule has 1 aromatic heterocycles. The van der Waals surface area contributed by atoms with Gasteiger partial charge in [0, 0.05) is 13.1 Å². The molecule has 0 saturated heterocycles. The van der Waals surface area contributed by atoms with Crippen molar-refractivity contribution in [2.24, 2.45) is 0 Å². The zero-order valence-corrected chi connectivity index (χ0v) is 11.9. The van der Waals surface area contributed by atoms with Gasteiger partial charge in [0.15, 0.2) is 0 Å². The predicted octanol–water partition coefficient (Wildman–Crippen LogP) is 2.84. The quantitative estimate of drug-likeness (QED) is 0.723. The molecule has 3 aromatic rings. The van der Waals surface area contributed by atoms with Crippen LogP contribution in [0.1, 0.15) is 17.5 Å². The predicted molar refractivity (Wildman–Crippen MR) is 82.7 cm³/mol. The summed E-state index contributed by atoms with van der Waals surface area (Å²) in [5.41, 5.74) is 4.85. The molecule has 2 heterocycles. The van der Waals surface area contributed by atoms with Crippen LogP contribution in [-0.4, -0.2) is 26.4 Å². The molecule has 4 heteroatoms. The zero-order valence-electron chi connectivity index (χ0n) is 11.9. The fraction of sp³-hybridized carbons (Fsp3) is 0.294. The van der Waals surface area contributed by atoms with E-state index in [4.69, 9.17) is 0 Å². The normalized spacial score (nSPS) is 15.8. The van der Waals surface area contributed by atoms with Crippen molar-refractivity contribution in [1.29, 1.82) is 0 Å². The van der Waals surface area contributed by atoms with Crippen LogP contribution < -0.4 is 0 Å². The van der Waals surface area contributed by atoms with Crippen molar-refractivity contribution in [2.75, 3.05) is 6.54 Å². The van der Waals surface area contributed by atoms with Gasteiger partial charge in [0.05, 0.1) is 0 Å². The molecule has 21 heavy (non-hydrogen) atoms. The number of rotatable bonds is 2. The van der Waals surface area contributed by atoms with Gasteiger partial charge >= 0.3 is 0 Å². The minimum absolute atomic E-state index is 0.753. The lowest BCUT2D eigenvalue weighted by molar-refractivity contribution is 0.189. The molecule has 0 unspecified atom stereocenters. The van der Waals surface area contributed by atoms with Gasteiger partial charge in [-0.2, -0.15) is 15.0 Å². The zero-order chi connectivity index (χ0) is 14.1. The van der Waals surface area contributed by atoms with Gasteiger partial charge in [-0.3, -0.25) is 4.90 Å². The molecule has 0 fully saturated rings. The van der Waals surface area contributed by atoms with E-state index in [0.29, 0.717) is 0 Å². The van der Waals surface area contributed by atoms with Crippen LogP contribution in [0, 0.1) is 0 Å². The maximum absolute atomic E-state index is 4.56. The van der Waals surface area contributed by atoms with Gasteiger partial charge in [-0.1, -0.05) is 36.4 Å². The smallest absolute Gasteiger partial charge is 0.113 e. The summed E-state index contributed by atoms with van der Waals surface area (Å²) >= 11 is 0. The van der Waals surface area contributed by atoms with E-state index in [-0.39, 0.29) is 0 Å². The summed E-state index contributed by atoms with van der Waals surface area (Å²) in [5, 5.41) is 9.11. The summed E-state index contributed by atoms with van der Waals surface area (Å²) in [5.74, 6) is 0. The number of hydrogen-bond acceptors (Lipinski definition) is 3. The first kappa shape index (κ1) is 12.5. The average molecular weight is 278 g/mol. The maximum atomic E-state index is 4.56. The molecule has 0 radical (unpaired) electrons. The molecule has 0 saturated carbocycles. The van der Waals surface area contributed by atoms with E-state index < -0.39 is 0 Å². The SMILES string of the molecule is c1ccc2c(c1)CCCN(Cn1nc3ccccc3n1)C2. The molecule has 4 nitrogen and oxygen atoms in total. The molecule has 1 aliphatic heterocycles. The largest absolute Gasteiger partial charge is 0.279 e. The summed E-state index contributed by atoms with van der Waals surface area (Å²) < 4.78 is 0. The minimum atomic E-state index is 0.753. The molecule has 0 N–H and O–H groups in total. The lowest BCUT2D eigenvalue weighted by Crippen LogP contribution is -2.27. The highest BCUT2D eigenvalue weighted by atomic mass is 15.5. The van der Waals surface area contributed by atoms with Crippen molar-refractivity contribution in [1.82, 2.24) is 19.9 Å². The second-order valence-electron chi connectivity index (χ2n) is 5.63. The van der Waals surface area contributed by atoms with E-state index in [1.165, 1.54) is 24.0 Å². The standard InChI is InChI=1S/C17H18N4/c1-2-7-15-12-20(11-5-8-14(15)6-1)13-21-18-16-9-3-4-10-17(16)19-21/h1-4,6-7,9-10H,5,8,11-13H2. The van der Waals surface area contributed by atoms with E-state index >= 15 is 0 Å². The van der Waals surface area contributed by atoms with E-state index in [1.807, 2.05) is 29.1 Å². The second kappa shape index (κ2) is 5.30. The van der Waals surface area contributed by atoms with Crippen LogP contribution in [0.2, 0.25) is 0 Å². The van der Waals surface area contributed by atoms with Crippen molar-refractivity contribution in [3.63, 3.8) is 0 Å². The first-order valence-electron chi connectivity index (χ1n) is 7.47. The molecule has 0 spiro atoms. The number of fused-ring (bicyclic) bond motifs is 2. The summed E-state index contributed by atoms with van der Waals surface area (Å²) in [4.78, 5) is 4.24. The average Bonchev–Trinajstić information content (AvgIpc) is 2.79. The number of nitrogens with zero attached hydrogens (tertiary/aromatic N) is 4. The van der Waals surface area contributed by atoms with Crippen molar-refractivity contribution in [3.05, 3.63) is 59.7 Å². The van der Waals surface area contributed by atoms with E-state index in [9.17, 15) is 0 Å². The topological polar surface area (TPSA) is 34.0 Å². The van der Waals surface area contributed by atoms with Crippen molar-refractivity contribution >= 4 is 11.0 Å². The first-order chi connectivity index (χ1) is 10.4. The van der Waals surface area contributed by atoms with Crippen LogP contribution in [0.3, 0.4) is 0 Å². The minimum Gasteiger partial charge on any atom is -0.279 e. The van der Waals surface area contributed by atoms with Crippen LogP contribution in [0.5, 0.6) is 0 Å². The lowest BCUT2D eigenvalue weighted by atomic mass is 10.0. The fourth-order valence-corrected chi connectivity index (χ4v) is 3.04. The van der Waals surface area contributed by atoms with Crippen LogP contribution in [0.4, 0.5) is 0 Å². The summed E-state index contributed by atoms with van der Waals surface area (Å²) in [6.45, 7) is 2.82. The highest BCUT2D eigenvalue weighted by Crippen LogP contribution is 2.18. The number of aryl methyl sites for hydroxylation is 1. The first-order valence-corrected chi connectivity index (χ1v) is 7.47. The molecule has 0 aliphatic carbocycles. The Kier molecular flexibility index (Phi) is 3.16. The van der Waals surface area contributed by atoms with Crippen LogP contribution in [0.15, 0.2) is 48.5 Å². The van der Waals surface area contributed by atoms with Gasteiger partial charge in [-0.25, -0.2) is 0 Å². The Hall–Kier alpha value is -2.20. The molecule has 106 valence electrons. The van der Waals surface area contributed by atoms with Crippen LogP contribution >= 0.6 is 0 Å². The fourth-order valence-electron chi connectivity index (χ4n) is 3.04. The molecule has 1 aliphatic rings. The molecule has 0 atom stereocenters. The van der Waals surface area contributed by atoms with Gasteiger partial charge in [-0.05, 0) is 36.1 Å². The number of benzene rings is 2. The van der Waals surface area contributed by atoms with Crippen LogP contribution in [-0.2, 0) is 19.6 Å². The lowest BCUT2D eigenvalue weighted by Gasteiger charge is -2.19. The molecule has 0 bridgehead atoms. The third kappa shape index (κ3) is 2.54. The second-order valence-corrected chi connectivity index (χ2v) is 5.63. The van der Waals surface area contributed by atoms with Gasteiger partial charge in [-0.15, -0.1) is 0 Å². The van der Waals surface area contributed by atoms with Crippen molar-refractivity contribution < 1.29 is 0 Å². The van der Waals surface area contributed by atoms with E-state index in [2.05, 4.69) is 39.4 Å². The summed E-state index contributed by atoms with van der Waals surface area (Å²) in [6.07, 6.45) is 2.36. The Labute approximate surface area is 124 Å². The van der Waals surface area contributed by atoms with Gasteiger partial charge in [0.1, 0.15) is 17.7 Å². The Balaban J connectivity index is 1.57. The highest BCUT2D eigenvalue weighted by molar-refractivity contribution is 5.72. The van der Waals surface area contributed by atoms with Gasteiger partial charge in [0.2, 0.25) is 0 Å². The molecular formula is C17H18N4. The van der Waals surface area contributed by atoms with E-state index in [1.54, 1.807) is 0 Å². The summed E-state index contributed by atoms with van der Waals surface area (Å²) in [6, 6.07) is 16.8.